The fraction of sp³-hybridized carbons (Fsp3) is 0.238. The van der Waals surface area contributed by atoms with E-state index in [1.54, 1.807) is 42.5 Å². The lowest BCUT2D eigenvalue weighted by molar-refractivity contribution is -0.127. The second kappa shape index (κ2) is 10.6. The second-order valence-electron chi connectivity index (χ2n) is 5.94. The van der Waals surface area contributed by atoms with E-state index in [0.717, 1.165) is 6.42 Å². The zero-order chi connectivity index (χ0) is 20.4. The van der Waals surface area contributed by atoms with Crippen LogP contribution in [0.25, 0.3) is 0 Å². The molecule has 0 unspecified atom stereocenters. The Balaban J connectivity index is 1.95. The molecule has 28 heavy (non-hydrogen) atoms. The number of hydrogen-bond acceptors (Lipinski definition) is 5. The average molecular weight is 382 g/mol. The third-order valence-corrected chi connectivity index (χ3v) is 3.78. The highest BCUT2D eigenvalue weighted by Crippen LogP contribution is 2.15. The highest BCUT2D eigenvalue weighted by molar-refractivity contribution is 6.14. The molecule has 0 bridgehead atoms. The number of carbonyl (C=O) groups is 4. The number of nitrogens with one attached hydrogen (secondary N) is 2. The van der Waals surface area contributed by atoms with Crippen LogP contribution in [0, 0.1) is 0 Å². The molecule has 7 nitrogen and oxygen atoms in total. The number of carbonyl (C=O) groups excluding carboxylic acids is 4. The van der Waals surface area contributed by atoms with Crippen LogP contribution in [0.3, 0.4) is 0 Å². The average Bonchev–Trinajstić information content (AvgIpc) is 2.74. The number of rotatable bonds is 9. The minimum atomic E-state index is -0.787. The Hall–Kier alpha value is -3.48. The van der Waals surface area contributed by atoms with E-state index in [1.807, 2.05) is 6.92 Å². The third-order valence-electron chi connectivity index (χ3n) is 3.78. The van der Waals surface area contributed by atoms with Crippen LogP contribution in [0.15, 0.2) is 54.6 Å². The number of esters is 1. The Kier molecular flexibility index (Phi) is 7.90. The lowest BCUT2D eigenvalue weighted by atomic mass is 9.98. The molecule has 2 aromatic carbocycles. The first kappa shape index (κ1) is 20.8. The molecule has 2 rings (SSSR count). The lowest BCUT2D eigenvalue weighted by Crippen LogP contribution is -2.39. The van der Waals surface area contributed by atoms with Crippen LogP contribution >= 0.6 is 0 Å². The van der Waals surface area contributed by atoms with Crippen LogP contribution in [0.2, 0.25) is 0 Å². The molecule has 2 N–H and O–H groups in total. The van der Waals surface area contributed by atoms with E-state index in [4.69, 9.17) is 4.74 Å². The van der Waals surface area contributed by atoms with E-state index in [0.29, 0.717) is 12.1 Å². The molecular formula is C21H22N2O5. The third kappa shape index (κ3) is 6.05. The van der Waals surface area contributed by atoms with Crippen molar-refractivity contribution >= 4 is 23.6 Å². The van der Waals surface area contributed by atoms with Gasteiger partial charge in [-0.15, -0.1) is 0 Å². The number of amides is 2. The normalized spacial score (nSPS) is 10.0. The molecule has 0 saturated carbocycles. The van der Waals surface area contributed by atoms with Crippen LogP contribution < -0.4 is 10.6 Å². The Morgan fingerprint density at radius 1 is 0.821 bits per heavy atom. The molecule has 0 heterocycles. The molecular weight excluding hydrogens is 360 g/mol. The van der Waals surface area contributed by atoms with Gasteiger partial charge in [-0.05, 0) is 12.5 Å². The summed E-state index contributed by atoms with van der Waals surface area (Å²) in [6.07, 6.45) is 0.790. The van der Waals surface area contributed by atoms with E-state index in [9.17, 15) is 19.2 Å². The maximum atomic E-state index is 12.6. The fourth-order valence-corrected chi connectivity index (χ4v) is 2.37. The van der Waals surface area contributed by atoms with Crippen molar-refractivity contribution in [2.24, 2.45) is 0 Å². The summed E-state index contributed by atoms with van der Waals surface area (Å²) >= 11 is 0. The van der Waals surface area contributed by atoms with Gasteiger partial charge in [0.25, 0.3) is 5.91 Å². The highest BCUT2D eigenvalue weighted by atomic mass is 16.5. The number of hydrogen-bond donors (Lipinski definition) is 2. The molecule has 0 fully saturated rings. The van der Waals surface area contributed by atoms with E-state index in [-0.39, 0.29) is 29.4 Å². The molecule has 2 amide bonds. The van der Waals surface area contributed by atoms with Crippen LogP contribution in [0.5, 0.6) is 0 Å². The zero-order valence-electron chi connectivity index (χ0n) is 15.6. The van der Waals surface area contributed by atoms with Gasteiger partial charge in [0, 0.05) is 17.7 Å². The van der Waals surface area contributed by atoms with Crippen LogP contribution in [-0.2, 0) is 14.3 Å². The molecule has 0 atom stereocenters. The van der Waals surface area contributed by atoms with Crippen molar-refractivity contribution < 1.29 is 23.9 Å². The summed E-state index contributed by atoms with van der Waals surface area (Å²) in [6, 6.07) is 14.8. The van der Waals surface area contributed by atoms with Gasteiger partial charge in [-0.25, -0.2) is 4.79 Å². The first-order chi connectivity index (χ1) is 13.5. The largest absolute Gasteiger partial charge is 0.452 e. The summed E-state index contributed by atoms with van der Waals surface area (Å²) in [4.78, 5) is 48.2. The molecule has 0 aliphatic heterocycles. The van der Waals surface area contributed by atoms with Gasteiger partial charge < -0.3 is 15.4 Å². The van der Waals surface area contributed by atoms with Crippen molar-refractivity contribution in [1.82, 2.24) is 10.6 Å². The maximum absolute atomic E-state index is 12.6. The molecule has 0 saturated heterocycles. The smallest absolute Gasteiger partial charge is 0.339 e. The van der Waals surface area contributed by atoms with Crippen LogP contribution in [0.1, 0.15) is 39.6 Å². The van der Waals surface area contributed by atoms with E-state index in [2.05, 4.69) is 10.6 Å². The van der Waals surface area contributed by atoms with Crippen molar-refractivity contribution in [3.8, 4) is 0 Å². The molecule has 0 aliphatic carbocycles. The Labute approximate surface area is 163 Å². The van der Waals surface area contributed by atoms with Crippen molar-refractivity contribution in [1.29, 1.82) is 0 Å². The topological polar surface area (TPSA) is 102 Å². The van der Waals surface area contributed by atoms with Gasteiger partial charge in [0.15, 0.2) is 12.4 Å². The molecule has 7 heteroatoms. The minimum Gasteiger partial charge on any atom is -0.452 e. The Morgan fingerprint density at radius 3 is 2.14 bits per heavy atom. The highest BCUT2D eigenvalue weighted by Gasteiger charge is 2.19. The van der Waals surface area contributed by atoms with Crippen molar-refractivity contribution in [2.75, 3.05) is 19.7 Å². The predicted molar refractivity (Wildman–Crippen MR) is 103 cm³/mol. The quantitative estimate of drug-likeness (QED) is 0.508. The standard InChI is InChI=1S/C21H22N2O5/c1-2-12-22-18(24)13-23-19(25)14-28-21(27)17-11-7-6-10-16(17)20(26)15-8-4-3-5-9-15/h3-11H,2,12-14H2,1H3,(H,22,24)(H,23,25). The van der Waals surface area contributed by atoms with Gasteiger partial charge in [-0.3, -0.25) is 14.4 Å². The van der Waals surface area contributed by atoms with Crippen molar-refractivity contribution in [3.63, 3.8) is 0 Å². The summed E-state index contributed by atoms with van der Waals surface area (Å²) < 4.78 is 5.00. The molecule has 146 valence electrons. The fourth-order valence-electron chi connectivity index (χ4n) is 2.37. The summed E-state index contributed by atoms with van der Waals surface area (Å²) in [6.45, 7) is 1.70. The van der Waals surface area contributed by atoms with E-state index in [1.165, 1.54) is 12.1 Å². The number of ether oxygens (including phenoxy) is 1. The number of ketones is 1. The SMILES string of the molecule is CCCNC(=O)CNC(=O)COC(=O)c1ccccc1C(=O)c1ccccc1. The molecule has 2 aromatic rings. The van der Waals surface area contributed by atoms with Crippen LogP contribution in [0.4, 0.5) is 0 Å². The second-order valence-corrected chi connectivity index (χ2v) is 5.94. The Morgan fingerprint density at radius 2 is 1.46 bits per heavy atom. The van der Waals surface area contributed by atoms with Crippen LogP contribution in [-0.4, -0.2) is 43.3 Å². The first-order valence-corrected chi connectivity index (χ1v) is 8.92. The summed E-state index contributed by atoms with van der Waals surface area (Å²) in [5.74, 6) is -2.03. The zero-order valence-corrected chi connectivity index (χ0v) is 15.6. The minimum absolute atomic E-state index is 0.0739. The van der Waals surface area contributed by atoms with Gasteiger partial charge in [0.2, 0.25) is 5.91 Å². The van der Waals surface area contributed by atoms with Gasteiger partial charge in [-0.2, -0.15) is 0 Å². The predicted octanol–water partition coefficient (Wildman–Crippen LogP) is 1.72. The monoisotopic (exact) mass is 382 g/mol. The number of benzene rings is 2. The molecule has 0 spiro atoms. The molecule has 0 radical (unpaired) electrons. The van der Waals surface area contributed by atoms with Gasteiger partial charge in [0.1, 0.15) is 0 Å². The van der Waals surface area contributed by atoms with E-state index >= 15 is 0 Å². The van der Waals surface area contributed by atoms with Gasteiger partial charge in [0.05, 0.1) is 12.1 Å². The first-order valence-electron chi connectivity index (χ1n) is 8.92. The Bertz CT molecular complexity index is 849. The maximum Gasteiger partial charge on any atom is 0.339 e. The summed E-state index contributed by atoms with van der Waals surface area (Å²) in [7, 11) is 0. The molecule has 0 aliphatic rings. The van der Waals surface area contributed by atoms with Gasteiger partial charge >= 0.3 is 5.97 Å². The lowest BCUT2D eigenvalue weighted by Gasteiger charge is -2.10. The van der Waals surface area contributed by atoms with Gasteiger partial charge in [-0.1, -0.05) is 55.5 Å². The van der Waals surface area contributed by atoms with Crippen molar-refractivity contribution in [2.45, 2.75) is 13.3 Å². The van der Waals surface area contributed by atoms with Crippen molar-refractivity contribution in [3.05, 3.63) is 71.3 Å². The molecule has 0 aromatic heterocycles. The summed E-state index contributed by atoms with van der Waals surface area (Å²) in [5.41, 5.74) is 0.710. The summed E-state index contributed by atoms with van der Waals surface area (Å²) in [5, 5.41) is 4.98. The van der Waals surface area contributed by atoms with E-state index < -0.39 is 18.5 Å².